The second kappa shape index (κ2) is 2.88. The van der Waals surface area contributed by atoms with Gasteiger partial charge in [-0.1, -0.05) is 0 Å². The van der Waals surface area contributed by atoms with Crippen molar-refractivity contribution in [2.45, 2.75) is 0 Å². The Bertz CT molecular complexity index is 330. The summed E-state index contributed by atoms with van der Waals surface area (Å²) < 4.78 is 12.4. The van der Waals surface area contributed by atoms with Gasteiger partial charge in [0.2, 0.25) is 0 Å². The molecule has 0 N–H and O–H groups in total. The first kappa shape index (κ1) is 7.35. The van der Waals surface area contributed by atoms with Crippen LogP contribution < -0.4 is 0 Å². The normalized spacial score (nSPS) is 8.73. The molecule has 0 amide bonds. The molecular formula is C7H3FN2O. The van der Waals surface area contributed by atoms with Gasteiger partial charge in [-0.3, -0.25) is 0 Å². The lowest BCUT2D eigenvalue weighted by molar-refractivity contribution is 0.627. The fourth-order valence-electron chi connectivity index (χ4n) is 0.677. The van der Waals surface area contributed by atoms with E-state index in [0.717, 1.165) is 12.1 Å². The van der Waals surface area contributed by atoms with Crippen LogP contribution in [0, 0.1) is 22.1 Å². The van der Waals surface area contributed by atoms with E-state index in [-0.39, 0.29) is 11.3 Å². The number of nitrogens with zero attached hydrogens (tertiary/aromatic N) is 2. The van der Waals surface area contributed by atoms with Gasteiger partial charge in [0, 0.05) is 0 Å². The van der Waals surface area contributed by atoms with E-state index in [1.165, 1.54) is 6.07 Å². The van der Waals surface area contributed by atoms with Gasteiger partial charge in [-0.05, 0) is 23.4 Å². The molecule has 0 heterocycles. The first-order valence-corrected chi connectivity index (χ1v) is 2.81. The third-order valence-corrected chi connectivity index (χ3v) is 1.18. The molecule has 0 spiro atoms. The SMILES string of the molecule is N#Cc1cc(F)ccc1N=O. The summed E-state index contributed by atoms with van der Waals surface area (Å²) in [6.07, 6.45) is 0. The quantitative estimate of drug-likeness (QED) is 0.575. The van der Waals surface area contributed by atoms with Gasteiger partial charge in [-0.15, -0.1) is 4.91 Å². The molecule has 0 aromatic heterocycles. The molecular weight excluding hydrogens is 147 g/mol. The molecule has 4 heteroatoms. The lowest BCUT2D eigenvalue weighted by atomic mass is 10.2. The van der Waals surface area contributed by atoms with Crippen molar-refractivity contribution in [1.29, 1.82) is 5.26 Å². The highest BCUT2D eigenvalue weighted by Crippen LogP contribution is 2.18. The fourth-order valence-corrected chi connectivity index (χ4v) is 0.677. The molecule has 54 valence electrons. The molecule has 0 unspecified atom stereocenters. The predicted octanol–water partition coefficient (Wildman–Crippen LogP) is 2.10. The van der Waals surface area contributed by atoms with Gasteiger partial charge in [-0.2, -0.15) is 5.26 Å². The Kier molecular flexibility index (Phi) is 1.93. The summed E-state index contributed by atoms with van der Waals surface area (Å²) in [4.78, 5) is 9.97. The Labute approximate surface area is 62.0 Å². The number of nitriles is 1. The molecule has 0 saturated heterocycles. The molecule has 3 nitrogen and oxygen atoms in total. The van der Waals surface area contributed by atoms with Gasteiger partial charge in [0.1, 0.15) is 17.6 Å². The van der Waals surface area contributed by atoms with Gasteiger partial charge in [0.25, 0.3) is 0 Å². The first-order valence-electron chi connectivity index (χ1n) is 2.81. The highest BCUT2D eigenvalue weighted by Gasteiger charge is 2.02. The average molecular weight is 150 g/mol. The molecule has 0 atom stereocenters. The smallest absolute Gasteiger partial charge is 0.125 e. The zero-order valence-electron chi connectivity index (χ0n) is 5.41. The molecule has 0 aliphatic rings. The van der Waals surface area contributed by atoms with Crippen LogP contribution in [0.15, 0.2) is 23.4 Å². The van der Waals surface area contributed by atoms with Gasteiger partial charge in [0.05, 0.1) is 5.56 Å². The molecule has 0 saturated carbocycles. The second-order valence-electron chi connectivity index (χ2n) is 1.86. The van der Waals surface area contributed by atoms with E-state index in [4.69, 9.17) is 5.26 Å². The Morgan fingerprint density at radius 3 is 2.82 bits per heavy atom. The second-order valence-corrected chi connectivity index (χ2v) is 1.86. The van der Waals surface area contributed by atoms with Gasteiger partial charge in [0.15, 0.2) is 0 Å². The van der Waals surface area contributed by atoms with Crippen LogP contribution >= 0.6 is 0 Å². The van der Waals surface area contributed by atoms with E-state index in [9.17, 15) is 9.30 Å². The standard InChI is InChI=1S/C7H3FN2O/c8-6-1-2-7(10-11)5(3-6)4-9/h1-3H. The molecule has 11 heavy (non-hydrogen) atoms. The molecule has 0 bridgehead atoms. The van der Waals surface area contributed by atoms with Crippen molar-refractivity contribution in [3.8, 4) is 6.07 Å². The molecule has 0 radical (unpaired) electrons. The van der Waals surface area contributed by atoms with Crippen LogP contribution in [0.2, 0.25) is 0 Å². The Balaban J connectivity index is 3.30. The number of hydrogen-bond donors (Lipinski definition) is 0. The van der Waals surface area contributed by atoms with Crippen LogP contribution in [0.25, 0.3) is 0 Å². The van der Waals surface area contributed by atoms with E-state index >= 15 is 0 Å². The molecule has 1 aromatic carbocycles. The number of rotatable bonds is 1. The van der Waals surface area contributed by atoms with Crippen LogP contribution in [0.3, 0.4) is 0 Å². The number of hydrogen-bond acceptors (Lipinski definition) is 3. The minimum absolute atomic E-state index is 0.0334. The maximum absolute atomic E-state index is 12.4. The lowest BCUT2D eigenvalue weighted by Gasteiger charge is -1.91. The summed E-state index contributed by atoms with van der Waals surface area (Å²) in [5, 5.41) is 10.9. The molecule has 1 rings (SSSR count). The van der Waals surface area contributed by atoms with E-state index in [1.807, 2.05) is 0 Å². The Morgan fingerprint density at radius 2 is 2.27 bits per heavy atom. The third kappa shape index (κ3) is 1.38. The molecule has 1 aromatic rings. The van der Waals surface area contributed by atoms with Crippen LogP contribution in [0.1, 0.15) is 5.56 Å². The van der Waals surface area contributed by atoms with Gasteiger partial charge in [-0.25, -0.2) is 4.39 Å². The van der Waals surface area contributed by atoms with Gasteiger partial charge >= 0.3 is 0 Å². The zero-order valence-corrected chi connectivity index (χ0v) is 5.41. The van der Waals surface area contributed by atoms with Crippen molar-refractivity contribution < 1.29 is 4.39 Å². The van der Waals surface area contributed by atoms with Crippen molar-refractivity contribution in [1.82, 2.24) is 0 Å². The topological polar surface area (TPSA) is 53.2 Å². The third-order valence-electron chi connectivity index (χ3n) is 1.18. The maximum atomic E-state index is 12.4. The number of nitroso groups, excluding NO2 is 1. The van der Waals surface area contributed by atoms with E-state index in [1.54, 1.807) is 6.07 Å². The summed E-state index contributed by atoms with van der Waals surface area (Å²) >= 11 is 0. The highest BCUT2D eigenvalue weighted by molar-refractivity contribution is 5.52. The predicted molar refractivity (Wildman–Crippen MR) is 36.6 cm³/mol. The Hall–Kier alpha value is -1.76. The molecule has 0 aliphatic carbocycles. The summed E-state index contributed by atoms with van der Waals surface area (Å²) in [6, 6.07) is 4.87. The minimum atomic E-state index is -0.547. The van der Waals surface area contributed by atoms with E-state index in [2.05, 4.69) is 5.18 Å². The summed E-state index contributed by atoms with van der Waals surface area (Å²) in [5.41, 5.74) is -0.0751. The van der Waals surface area contributed by atoms with Crippen molar-refractivity contribution >= 4 is 5.69 Å². The van der Waals surface area contributed by atoms with Crippen molar-refractivity contribution in [2.75, 3.05) is 0 Å². The molecule has 0 aliphatic heterocycles. The van der Waals surface area contributed by atoms with E-state index in [0.29, 0.717) is 0 Å². The van der Waals surface area contributed by atoms with Crippen LogP contribution in [0.5, 0.6) is 0 Å². The van der Waals surface area contributed by atoms with Crippen LogP contribution in [0.4, 0.5) is 10.1 Å². The van der Waals surface area contributed by atoms with Crippen LogP contribution in [-0.4, -0.2) is 0 Å². The average Bonchev–Trinajstić information content (AvgIpc) is 2.04. The largest absolute Gasteiger partial charge is 0.207 e. The zero-order chi connectivity index (χ0) is 8.27. The van der Waals surface area contributed by atoms with Crippen LogP contribution in [-0.2, 0) is 0 Å². The fraction of sp³-hybridized carbons (Fsp3) is 0. The molecule has 0 fully saturated rings. The summed E-state index contributed by atoms with van der Waals surface area (Å²) in [7, 11) is 0. The van der Waals surface area contributed by atoms with Crippen molar-refractivity contribution in [3.63, 3.8) is 0 Å². The van der Waals surface area contributed by atoms with Crippen molar-refractivity contribution in [3.05, 3.63) is 34.5 Å². The number of halogens is 1. The summed E-state index contributed by atoms with van der Waals surface area (Å²) in [6.45, 7) is 0. The van der Waals surface area contributed by atoms with E-state index < -0.39 is 5.82 Å². The maximum Gasteiger partial charge on any atom is 0.125 e. The monoisotopic (exact) mass is 150 g/mol. The number of benzene rings is 1. The first-order chi connectivity index (χ1) is 5.27. The van der Waals surface area contributed by atoms with Gasteiger partial charge < -0.3 is 0 Å². The van der Waals surface area contributed by atoms with Crippen molar-refractivity contribution in [2.24, 2.45) is 5.18 Å². The minimum Gasteiger partial charge on any atom is -0.207 e. The summed E-state index contributed by atoms with van der Waals surface area (Å²) in [5.74, 6) is -0.547. The Morgan fingerprint density at radius 1 is 1.55 bits per heavy atom. The highest BCUT2D eigenvalue weighted by atomic mass is 19.1. The lowest BCUT2D eigenvalue weighted by Crippen LogP contribution is -1.78.